The summed E-state index contributed by atoms with van der Waals surface area (Å²) in [5, 5.41) is 0.663. The first kappa shape index (κ1) is 22.0. The maximum Gasteiger partial charge on any atom is 0.573 e. The van der Waals surface area contributed by atoms with Crippen LogP contribution in [0.2, 0.25) is 0 Å². The van der Waals surface area contributed by atoms with E-state index in [1.54, 1.807) is 30.5 Å². The summed E-state index contributed by atoms with van der Waals surface area (Å²) in [5.41, 5.74) is 0.562. The van der Waals surface area contributed by atoms with Crippen LogP contribution in [0.15, 0.2) is 52.5 Å². The van der Waals surface area contributed by atoms with Gasteiger partial charge in [0.15, 0.2) is 0 Å². The molecule has 31 heavy (non-hydrogen) atoms. The van der Waals surface area contributed by atoms with Gasteiger partial charge in [0.25, 0.3) is 5.91 Å². The minimum atomic E-state index is -4.71. The lowest BCUT2D eigenvalue weighted by Gasteiger charge is -2.28. The zero-order valence-corrected chi connectivity index (χ0v) is 17.8. The van der Waals surface area contributed by atoms with E-state index < -0.39 is 6.36 Å². The number of pyridine rings is 1. The SMILES string of the molecule is O=C(c1ccc(Sc2ccc(OC(F)(F)F)cc2)nc1)N1CCC[C@H]1CN1CCCC1. The molecule has 0 unspecified atom stereocenters. The summed E-state index contributed by atoms with van der Waals surface area (Å²) >= 11 is 1.31. The van der Waals surface area contributed by atoms with Crippen molar-refractivity contribution in [3.63, 3.8) is 0 Å². The molecule has 0 bridgehead atoms. The maximum absolute atomic E-state index is 13.0. The Morgan fingerprint density at radius 1 is 1.06 bits per heavy atom. The van der Waals surface area contributed by atoms with Gasteiger partial charge >= 0.3 is 6.36 Å². The van der Waals surface area contributed by atoms with Crippen LogP contribution in [0, 0.1) is 0 Å². The predicted octanol–water partition coefficient (Wildman–Crippen LogP) is 4.83. The van der Waals surface area contributed by atoms with E-state index in [4.69, 9.17) is 0 Å². The van der Waals surface area contributed by atoms with Crippen LogP contribution in [-0.2, 0) is 0 Å². The van der Waals surface area contributed by atoms with E-state index in [0.29, 0.717) is 10.6 Å². The molecule has 2 aliphatic rings. The average Bonchev–Trinajstić information content (AvgIpc) is 3.41. The van der Waals surface area contributed by atoms with Gasteiger partial charge in [-0.2, -0.15) is 0 Å². The second kappa shape index (κ2) is 9.48. The quantitative estimate of drug-likeness (QED) is 0.630. The van der Waals surface area contributed by atoms with Crippen LogP contribution in [0.5, 0.6) is 5.75 Å². The number of carbonyl (C=O) groups excluding carboxylic acids is 1. The highest BCUT2D eigenvalue weighted by Gasteiger charge is 2.32. The number of ether oxygens (including phenoxy) is 1. The van der Waals surface area contributed by atoms with Crippen LogP contribution in [0.4, 0.5) is 13.2 Å². The number of nitrogens with zero attached hydrogens (tertiary/aromatic N) is 3. The lowest BCUT2D eigenvalue weighted by Crippen LogP contribution is -2.42. The second-order valence-electron chi connectivity index (χ2n) is 7.81. The molecule has 0 aliphatic carbocycles. The molecular formula is C22H24F3N3O2S. The van der Waals surface area contributed by atoms with Gasteiger partial charge in [-0.15, -0.1) is 13.2 Å². The van der Waals surface area contributed by atoms with Crippen molar-refractivity contribution in [1.29, 1.82) is 0 Å². The molecule has 5 nitrogen and oxygen atoms in total. The molecule has 2 fully saturated rings. The number of halogens is 3. The summed E-state index contributed by atoms with van der Waals surface area (Å²) in [5.74, 6) is -0.251. The number of rotatable bonds is 6. The lowest BCUT2D eigenvalue weighted by atomic mass is 10.2. The number of carbonyl (C=O) groups is 1. The van der Waals surface area contributed by atoms with Gasteiger partial charge < -0.3 is 14.5 Å². The fourth-order valence-corrected chi connectivity index (χ4v) is 4.87. The summed E-state index contributed by atoms with van der Waals surface area (Å²) in [4.78, 5) is 22.5. The van der Waals surface area contributed by atoms with Crippen LogP contribution in [0.3, 0.4) is 0 Å². The van der Waals surface area contributed by atoms with E-state index in [2.05, 4.69) is 14.6 Å². The fourth-order valence-electron chi connectivity index (χ4n) is 4.12. The summed E-state index contributed by atoms with van der Waals surface area (Å²) in [7, 11) is 0. The Morgan fingerprint density at radius 2 is 1.81 bits per heavy atom. The number of alkyl halides is 3. The summed E-state index contributed by atoms with van der Waals surface area (Å²) < 4.78 is 40.7. The van der Waals surface area contributed by atoms with Gasteiger partial charge in [0, 0.05) is 30.2 Å². The highest BCUT2D eigenvalue weighted by Crippen LogP contribution is 2.30. The molecule has 166 valence electrons. The third-order valence-corrected chi connectivity index (χ3v) is 6.53. The first-order chi connectivity index (χ1) is 14.9. The molecule has 0 N–H and O–H groups in total. The molecule has 9 heteroatoms. The number of hydrogen-bond acceptors (Lipinski definition) is 5. The molecule has 2 aromatic rings. The minimum Gasteiger partial charge on any atom is -0.406 e. The predicted molar refractivity (Wildman–Crippen MR) is 111 cm³/mol. The minimum absolute atomic E-state index is 0.0133. The molecule has 1 amide bonds. The monoisotopic (exact) mass is 451 g/mol. The highest BCUT2D eigenvalue weighted by molar-refractivity contribution is 7.99. The summed E-state index contributed by atoms with van der Waals surface area (Å²) in [6.07, 6.45) is 1.42. The standard InChI is InChI=1S/C22H24F3N3O2S/c23-22(24,25)30-18-6-8-19(9-7-18)31-20-10-5-16(14-26-20)21(29)28-13-3-4-17(28)15-27-11-1-2-12-27/h5-10,14,17H,1-4,11-13,15H2/t17-/m0/s1. The number of amides is 1. The molecule has 1 atom stereocenters. The van der Waals surface area contributed by atoms with E-state index >= 15 is 0 Å². The second-order valence-corrected chi connectivity index (χ2v) is 8.90. The number of benzene rings is 1. The molecule has 0 radical (unpaired) electrons. The Kier molecular flexibility index (Phi) is 6.71. The smallest absolute Gasteiger partial charge is 0.406 e. The van der Waals surface area contributed by atoms with E-state index in [0.717, 1.165) is 43.9 Å². The largest absolute Gasteiger partial charge is 0.573 e. The van der Waals surface area contributed by atoms with Gasteiger partial charge in [0.05, 0.1) is 5.56 Å². The van der Waals surface area contributed by atoms with Crippen LogP contribution in [-0.4, -0.2) is 59.3 Å². The molecule has 1 aromatic heterocycles. The lowest BCUT2D eigenvalue weighted by molar-refractivity contribution is -0.274. The van der Waals surface area contributed by atoms with Gasteiger partial charge in [0.2, 0.25) is 0 Å². The van der Waals surface area contributed by atoms with Crippen molar-refractivity contribution in [2.24, 2.45) is 0 Å². The molecule has 0 saturated carbocycles. The Labute approximate surface area is 183 Å². The van der Waals surface area contributed by atoms with E-state index in [1.807, 2.05) is 4.90 Å². The number of aromatic nitrogens is 1. The maximum atomic E-state index is 13.0. The Morgan fingerprint density at radius 3 is 2.45 bits per heavy atom. The first-order valence-electron chi connectivity index (χ1n) is 10.4. The Balaban J connectivity index is 1.35. The van der Waals surface area contributed by atoms with Crippen molar-refractivity contribution >= 4 is 17.7 Å². The van der Waals surface area contributed by atoms with Gasteiger partial charge in [-0.1, -0.05) is 11.8 Å². The Hall–Kier alpha value is -2.26. The fraction of sp³-hybridized carbons (Fsp3) is 0.455. The third kappa shape index (κ3) is 5.92. The van der Waals surface area contributed by atoms with E-state index in [-0.39, 0.29) is 17.7 Å². The van der Waals surface area contributed by atoms with Crippen LogP contribution in [0.1, 0.15) is 36.0 Å². The first-order valence-corrected chi connectivity index (χ1v) is 11.2. The molecule has 2 aliphatic heterocycles. The molecular weight excluding hydrogens is 427 g/mol. The highest BCUT2D eigenvalue weighted by atomic mass is 32.2. The van der Waals surface area contributed by atoms with Crippen molar-refractivity contribution in [1.82, 2.24) is 14.8 Å². The summed E-state index contributed by atoms with van der Waals surface area (Å²) in [6.45, 7) is 3.96. The molecule has 1 aromatic carbocycles. The topological polar surface area (TPSA) is 45.7 Å². The zero-order chi connectivity index (χ0) is 21.8. The number of hydrogen-bond donors (Lipinski definition) is 0. The van der Waals surface area contributed by atoms with Gasteiger partial charge in [-0.3, -0.25) is 4.79 Å². The van der Waals surface area contributed by atoms with Crippen LogP contribution in [0.25, 0.3) is 0 Å². The van der Waals surface area contributed by atoms with Gasteiger partial charge in [-0.25, -0.2) is 4.98 Å². The van der Waals surface area contributed by atoms with Crippen LogP contribution >= 0.6 is 11.8 Å². The molecule has 0 spiro atoms. The molecule has 2 saturated heterocycles. The zero-order valence-electron chi connectivity index (χ0n) is 17.0. The van der Waals surface area contributed by atoms with Gasteiger partial charge in [0.1, 0.15) is 10.8 Å². The number of likely N-dealkylation sites (tertiary alicyclic amines) is 2. The molecule has 3 heterocycles. The van der Waals surface area contributed by atoms with Gasteiger partial charge in [-0.05, 0) is 75.2 Å². The van der Waals surface area contributed by atoms with Crippen molar-refractivity contribution in [2.45, 2.75) is 48.0 Å². The van der Waals surface area contributed by atoms with Crippen molar-refractivity contribution in [3.05, 3.63) is 48.2 Å². The van der Waals surface area contributed by atoms with E-state index in [9.17, 15) is 18.0 Å². The normalized spacial score (nSPS) is 19.7. The Bertz CT molecular complexity index is 884. The molecule has 4 rings (SSSR count). The van der Waals surface area contributed by atoms with Crippen LogP contribution < -0.4 is 4.74 Å². The summed E-state index contributed by atoms with van der Waals surface area (Å²) in [6, 6.07) is 9.41. The van der Waals surface area contributed by atoms with Crippen molar-refractivity contribution in [2.75, 3.05) is 26.2 Å². The van der Waals surface area contributed by atoms with E-state index in [1.165, 1.54) is 36.7 Å². The third-order valence-electron chi connectivity index (χ3n) is 5.57. The van der Waals surface area contributed by atoms with Crippen molar-refractivity contribution in [3.8, 4) is 5.75 Å². The van der Waals surface area contributed by atoms with Crippen molar-refractivity contribution < 1.29 is 22.7 Å². The average molecular weight is 452 g/mol.